The molecule has 0 unspecified atom stereocenters. The molecule has 0 fully saturated rings. The highest BCUT2D eigenvalue weighted by Crippen LogP contribution is 2.27. The third-order valence-corrected chi connectivity index (χ3v) is 4.39. The summed E-state index contributed by atoms with van der Waals surface area (Å²) in [6.45, 7) is 3.74. The average molecular weight is 337 g/mol. The van der Waals surface area contributed by atoms with E-state index in [9.17, 15) is 8.42 Å². The van der Waals surface area contributed by atoms with Gasteiger partial charge in [-0.2, -0.15) is 0 Å². The van der Waals surface area contributed by atoms with E-state index < -0.39 is 10.0 Å². The first-order chi connectivity index (χ1) is 8.51. The normalized spacial score (nSPS) is 11.5. The second kappa shape index (κ2) is 7.08. The summed E-state index contributed by atoms with van der Waals surface area (Å²) in [7, 11) is -1.99. The van der Waals surface area contributed by atoms with E-state index in [0.717, 1.165) is 11.0 Å². The third-order valence-electron chi connectivity index (χ3n) is 2.28. The van der Waals surface area contributed by atoms with Crippen molar-refractivity contribution in [3.8, 4) is 5.75 Å². The molecule has 0 heterocycles. The van der Waals surface area contributed by atoms with Gasteiger partial charge in [0, 0.05) is 19.2 Å². The molecule has 2 N–H and O–H groups in total. The van der Waals surface area contributed by atoms with Gasteiger partial charge in [-0.25, -0.2) is 13.1 Å². The molecule has 1 rings (SSSR count). The van der Waals surface area contributed by atoms with Gasteiger partial charge in [0.2, 0.25) is 10.0 Å². The fraction of sp³-hybridized carbons (Fsp3) is 0.455. The molecular formula is C11H17BrN2O3S. The minimum atomic E-state index is -3.48. The van der Waals surface area contributed by atoms with Crippen molar-refractivity contribution in [2.24, 2.45) is 0 Å². The van der Waals surface area contributed by atoms with Gasteiger partial charge in [-0.3, -0.25) is 0 Å². The predicted octanol–water partition coefficient (Wildman–Crippen LogP) is 1.35. The molecule has 0 bridgehead atoms. The van der Waals surface area contributed by atoms with E-state index in [1.54, 1.807) is 6.07 Å². The Morgan fingerprint density at radius 2 is 2.06 bits per heavy atom. The van der Waals surface area contributed by atoms with E-state index >= 15 is 0 Å². The molecule has 0 amide bonds. The summed E-state index contributed by atoms with van der Waals surface area (Å²) in [5, 5.41) is 3.04. The molecule has 0 aliphatic rings. The van der Waals surface area contributed by atoms with E-state index in [0.29, 0.717) is 18.8 Å². The Kier molecular flexibility index (Phi) is 6.07. The second-order valence-electron chi connectivity index (χ2n) is 3.55. The van der Waals surface area contributed by atoms with E-state index in [-0.39, 0.29) is 4.90 Å². The Balaban J connectivity index is 2.78. The summed E-state index contributed by atoms with van der Waals surface area (Å²) in [4.78, 5) is 0.194. The van der Waals surface area contributed by atoms with Crippen LogP contribution >= 0.6 is 15.9 Å². The number of ether oxygens (including phenoxy) is 1. The number of likely N-dealkylation sites (N-methyl/N-ethyl adjacent to an activating group) is 1. The van der Waals surface area contributed by atoms with Gasteiger partial charge in [-0.1, -0.05) is 6.92 Å². The number of halogens is 1. The number of methoxy groups -OCH3 is 1. The smallest absolute Gasteiger partial charge is 0.240 e. The van der Waals surface area contributed by atoms with E-state index in [1.165, 1.54) is 19.2 Å². The van der Waals surface area contributed by atoms with Crippen molar-refractivity contribution < 1.29 is 13.2 Å². The number of hydrogen-bond acceptors (Lipinski definition) is 4. The first-order valence-electron chi connectivity index (χ1n) is 5.55. The molecule has 0 saturated heterocycles. The van der Waals surface area contributed by atoms with Crippen molar-refractivity contribution in [1.29, 1.82) is 0 Å². The van der Waals surface area contributed by atoms with Crippen LogP contribution in [0.2, 0.25) is 0 Å². The number of hydrogen-bond donors (Lipinski definition) is 2. The number of nitrogens with one attached hydrogen (secondary N) is 2. The minimum Gasteiger partial charge on any atom is -0.496 e. The molecular weight excluding hydrogens is 320 g/mol. The summed E-state index contributed by atoms with van der Waals surface area (Å²) in [5.74, 6) is 0.490. The summed E-state index contributed by atoms with van der Waals surface area (Å²) in [5.41, 5.74) is 0. The zero-order chi connectivity index (χ0) is 13.6. The first-order valence-corrected chi connectivity index (χ1v) is 7.82. The summed E-state index contributed by atoms with van der Waals surface area (Å²) < 4.78 is 32.2. The van der Waals surface area contributed by atoms with E-state index in [4.69, 9.17) is 4.74 Å². The van der Waals surface area contributed by atoms with Crippen molar-refractivity contribution in [2.45, 2.75) is 11.8 Å². The largest absolute Gasteiger partial charge is 0.496 e. The maximum atomic E-state index is 12.0. The molecule has 18 heavy (non-hydrogen) atoms. The topological polar surface area (TPSA) is 67.4 Å². The van der Waals surface area contributed by atoms with Crippen LogP contribution < -0.4 is 14.8 Å². The molecule has 1 aromatic rings. The average Bonchev–Trinajstić information content (AvgIpc) is 2.35. The van der Waals surface area contributed by atoms with Crippen molar-refractivity contribution >= 4 is 26.0 Å². The maximum absolute atomic E-state index is 12.0. The molecule has 7 heteroatoms. The van der Waals surface area contributed by atoms with Crippen LogP contribution in [0, 0.1) is 0 Å². The van der Waals surface area contributed by atoms with Crippen LogP contribution in [-0.2, 0) is 10.0 Å². The SMILES string of the molecule is CCNCCNS(=O)(=O)c1ccc(Br)c(OC)c1. The number of benzene rings is 1. The van der Waals surface area contributed by atoms with Gasteiger partial charge in [-0.05, 0) is 34.6 Å². The summed E-state index contributed by atoms with van der Waals surface area (Å²) in [6.07, 6.45) is 0. The third kappa shape index (κ3) is 4.24. The molecule has 102 valence electrons. The highest BCUT2D eigenvalue weighted by atomic mass is 79.9. The lowest BCUT2D eigenvalue weighted by molar-refractivity contribution is 0.410. The molecule has 0 atom stereocenters. The van der Waals surface area contributed by atoms with Crippen LogP contribution in [0.4, 0.5) is 0 Å². The molecule has 0 aliphatic heterocycles. The van der Waals surface area contributed by atoms with Gasteiger partial charge in [-0.15, -0.1) is 0 Å². The second-order valence-corrected chi connectivity index (χ2v) is 6.17. The maximum Gasteiger partial charge on any atom is 0.240 e. The van der Waals surface area contributed by atoms with Crippen LogP contribution in [0.5, 0.6) is 5.75 Å². The predicted molar refractivity (Wildman–Crippen MR) is 74.4 cm³/mol. The zero-order valence-electron chi connectivity index (χ0n) is 10.4. The number of sulfonamides is 1. The van der Waals surface area contributed by atoms with Crippen LogP contribution in [-0.4, -0.2) is 35.2 Å². The summed E-state index contributed by atoms with van der Waals surface area (Å²) >= 11 is 3.28. The lowest BCUT2D eigenvalue weighted by Gasteiger charge is -2.09. The molecule has 0 spiro atoms. The van der Waals surface area contributed by atoms with E-state index in [2.05, 4.69) is 26.0 Å². The van der Waals surface area contributed by atoms with Gasteiger partial charge in [0.25, 0.3) is 0 Å². The van der Waals surface area contributed by atoms with Crippen LogP contribution in [0.15, 0.2) is 27.6 Å². The number of rotatable bonds is 7. The van der Waals surface area contributed by atoms with Gasteiger partial charge in [0.15, 0.2) is 0 Å². The van der Waals surface area contributed by atoms with Gasteiger partial charge in [0.1, 0.15) is 5.75 Å². The molecule has 0 aromatic heterocycles. The Bertz CT molecular complexity index is 491. The van der Waals surface area contributed by atoms with Crippen molar-refractivity contribution in [2.75, 3.05) is 26.7 Å². The van der Waals surface area contributed by atoms with Gasteiger partial charge in [0.05, 0.1) is 16.5 Å². The molecule has 5 nitrogen and oxygen atoms in total. The Hall–Kier alpha value is -0.630. The standard InChI is InChI=1S/C11H17BrN2O3S/c1-3-13-6-7-14-18(15,16)9-4-5-10(12)11(8-9)17-2/h4-5,8,13-14H,3,6-7H2,1-2H3. The lowest BCUT2D eigenvalue weighted by atomic mass is 10.3. The molecule has 0 radical (unpaired) electrons. The Labute approximate surface area is 116 Å². The molecule has 0 saturated carbocycles. The monoisotopic (exact) mass is 336 g/mol. The van der Waals surface area contributed by atoms with Crippen LogP contribution in [0.1, 0.15) is 6.92 Å². The fourth-order valence-electron chi connectivity index (χ4n) is 1.34. The van der Waals surface area contributed by atoms with Crippen molar-refractivity contribution in [1.82, 2.24) is 10.0 Å². The molecule has 0 aliphatic carbocycles. The van der Waals surface area contributed by atoms with Crippen molar-refractivity contribution in [3.05, 3.63) is 22.7 Å². The quantitative estimate of drug-likeness (QED) is 0.737. The Morgan fingerprint density at radius 3 is 2.67 bits per heavy atom. The zero-order valence-corrected chi connectivity index (χ0v) is 12.8. The van der Waals surface area contributed by atoms with Crippen molar-refractivity contribution in [3.63, 3.8) is 0 Å². The molecule has 1 aromatic carbocycles. The van der Waals surface area contributed by atoms with Gasteiger partial charge < -0.3 is 10.1 Å². The summed E-state index contributed by atoms with van der Waals surface area (Å²) in [6, 6.07) is 4.67. The Morgan fingerprint density at radius 1 is 1.33 bits per heavy atom. The minimum absolute atomic E-state index is 0.194. The lowest BCUT2D eigenvalue weighted by Crippen LogP contribution is -2.31. The van der Waals surface area contributed by atoms with E-state index in [1.807, 2.05) is 6.92 Å². The van der Waals surface area contributed by atoms with Crippen LogP contribution in [0.3, 0.4) is 0 Å². The van der Waals surface area contributed by atoms with Gasteiger partial charge >= 0.3 is 0 Å². The first kappa shape index (κ1) is 15.4. The van der Waals surface area contributed by atoms with Crippen LogP contribution in [0.25, 0.3) is 0 Å². The highest BCUT2D eigenvalue weighted by Gasteiger charge is 2.15. The fourth-order valence-corrected chi connectivity index (χ4v) is 2.80. The highest BCUT2D eigenvalue weighted by molar-refractivity contribution is 9.10.